The molecule has 0 bridgehead atoms. The van der Waals surface area contributed by atoms with Crippen LogP contribution in [0.5, 0.6) is 0 Å². The molecule has 0 unspecified atom stereocenters. The maximum atomic E-state index is 12.2. The minimum atomic E-state index is -3.18. The van der Waals surface area contributed by atoms with Crippen molar-refractivity contribution in [3.63, 3.8) is 0 Å². The molecule has 0 saturated heterocycles. The van der Waals surface area contributed by atoms with Crippen LogP contribution in [0, 0.1) is 0 Å². The van der Waals surface area contributed by atoms with Gasteiger partial charge in [-0.3, -0.25) is 10.1 Å². The van der Waals surface area contributed by atoms with Crippen molar-refractivity contribution in [2.75, 3.05) is 11.1 Å². The molecular formula is C18H23N3O3S. The number of imidazole rings is 1. The Morgan fingerprint density at radius 1 is 1.20 bits per heavy atom. The van der Waals surface area contributed by atoms with Crippen LogP contribution in [0.3, 0.4) is 0 Å². The second-order valence-corrected chi connectivity index (χ2v) is 8.84. The molecule has 1 aromatic heterocycles. The number of nitrogens with one attached hydrogen (secondary N) is 1. The van der Waals surface area contributed by atoms with Gasteiger partial charge in [0.05, 0.1) is 17.5 Å². The summed E-state index contributed by atoms with van der Waals surface area (Å²) in [6.07, 6.45) is 6.76. The fraction of sp³-hybridized carbons (Fsp3) is 0.444. The van der Waals surface area contributed by atoms with Gasteiger partial charge in [0.2, 0.25) is 11.9 Å². The molecule has 0 atom stereocenters. The zero-order valence-corrected chi connectivity index (χ0v) is 14.9. The topological polar surface area (TPSA) is 81.1 Å². The second-order valence-electron chi connectivity index (χ2n) is 6.44. The lowest BCUT2D eigenvalue weighted by molar-refractivity contribution is -0.115. The van der Waals surface area contributed by atoms with Crippen molar-refractivity contribution in [1.29, 1.82) is 0 Å². The highest BCUT2D eigenvalue weighted by molar-refractivity contribution is 7.92. The van der Waals surface area contributed by atoms with Crippen LogP contribution in [0.1, 0.15) is 37.7 Å². The standard InChI is InChI=1S/C18H23N3O3S/c22-17(10-13-25(23,24)16-8-4-5-9-16)20-18-19-11-12-21(18)14-15-6-2-1-3-7-15/h1-3,6-7,11-12,16H,4-5,8-10,13-14H2,(H,19,20,22). The highest BCUT2D eigenvalue weighted by Gasteiger charge is 2.28. The molecule has 0 aliphatic heterocycles. The summed E-state index contributed by atoms with van der Waals surface area (Å²) in [5.74, 6) is 0.0253. The van der Waals surface area contributed by atoms with Gasteiger partial charge in [0.25, 0.3) is 0 Å². The van der Waals surface area contributed by atoms with Crippen molar-refractivity contribution in [2.45, 2.75) is 43.9 Å². The fourth-order valence-electron chi connectivity index (χ4n) is 3.18. The van der Waals surface area contributed by atoms with Crippen LogP contribution >= 0.6 is 0 Å². The molecule has 1 amide bonds. The maximum Gasteiger partial charge on any atom is 0.227 e. The van der Waals surface area contributed by atoms with Crippen LogP contribution in [-0.4, -0.2) is 34.9 Å². The predicted octanol–water partition coefficient (Wildman–Crippen LogP) is 2.62. The van der Waals surface area contributed by atoms with Crippen molar-refractivity contribution in [1.82, 2.24) is 9.55 Å². The molecule has 0 spiro atoms. The monoisotopic (exact) mass is 361 g/mol. The summed E-state index contributed by atoms with van der Waals surface area (Å²) in [5.41, 5.74) is 1.10. The zero-order chi connectivity index (χ0) is 17.7. The van der Waals surface area contributed by atoms with E-state index in [1.54, 1.807) is 12.4 Å². The number of carbonyl (C=O) groups excluding carboxylic acids is 1. The number of amides is 1. The maximum absolute atomic E-state index is 12.2. The molecule has 1 aromatic carbocycles. The molecule has 1 N–H and O–H groups in total. The quantitative estimate of drug-likeness (QED) is 0.822. The second kappa shape index (κ2) is 7.82. The van der Waals surface area contributed by atoms with Gasteiger partial charge in [-0.15, -0.1) is 0 Å². The Bertz CT molecular complexity index is 809. The molecule has 1 aliphatic rings. The Hall–Kier alpha value is -2.15. The van der Waals surface area contributed by atoms with E-state index in [1.165, 1.54) is 0 Å². The van der Waals surface area contributed by atoms with E-state index in [1.807, 2.05) is 34.9 Å². The van der Waals surface area contributed by atoms with E-state index >= 15 is 0 Å². The highest BCUT2D eigenvalue weighted by Crippen LogP contribution is 2.25. The zero-order valence-electron chi connectivity index (χ0n) is 14.1. The number of benzene rings is 1. The molecule has 0 radical (unpaired) electrons. The van der Waals surface area contributed by atoms with Crippen molar-refractivity contribution in [3.05, 3.63) is 48.3 Å². The first kappa shape index (κ1) is 17.7. The Labute approximate surface area is 148 Å². The third-order valence-electron chi connectivity index (χ3n) is 4.59. The van der Waals surface area contributed by atoms with Gasteiger partial charge < -0.3 is 4.57 Å². The van der Waals surface area contributed by atoms with Gasteiger partial charge in [-0.25, -0.2) is 13.4 Å². The average molecular weight is 361 g/mol. The molecule has 1 heterocycles. The number of nitrogens with zero attached hydrogens (tertiary/aromatic N) is 2. The summed E-state index contributed by atoms with van der Waals surface area (Å²) in [7, 11) is -3.18. The summed E-state index contributed by atoms with van der Waals surface area (Å²) in [6.45, 7) is 0.594. The average Bonchev–Trinajstić information content (AvgIpc) is 3.27. The van der Waals surface area contributed by atoms with Crippen molar-refractivity contribution >= 4 is 21.7 Å². The van der Waals surface area contributed by atoms with E-state index in [0.717, 1.165) is 31.2 Å². The van der Waals surface area contributed by atoms with Gasteiger partial charge in [0, 0.05) is 18.8 Å². The number of rotatable bonds is 7. The third kappa shape index (κ3) is 4.69. The minimum Gasteiger partial charge on any atom is -0.313 e. The molecule has 25 heavy (non-hydrogen) atoms. The van der Waals surface area contributed by atoms with E-state index < -0.39 is 9.84 Å². The summed E-state index contributed by atoms with van der Waals surface area (Å²) in [4.78, 5) is 16.3. The number of hydrogen-bond donors (Lipinski definition) is 1. The molecule has 1 aliphatic carbocycles. The fourth-order valence-corrected chi connectivity index (χ4v) is 5.03. The number of sulfone groups is 1. The van der Waals surface area contributed by atoms with Crippen LogP contribution in [0.15, 0.2) is 42.7 Å². The van der Waals surface area contributed by atoms with E-state index in [4.69, 9.17) is 0 Å². The molecule has 3 rings (SSSR count). The van der Waals surface area contributed by atoms with Crippen molar-refractivity contribution in [2.24, 2.45) is 0 Å². The third-order valence-corrected chi connectivity index (χ3v) is 6.85. The Balaban J connectivity index is 1.56. The number of hydrogen-bond acceptors (Lipinski definition) is 4. The lowest BCUT2D eigenvalue weighted by atomic mass is 10.2. The van der Waals surface area contributed by atoms with Gasteiger partial charge in [-0.05, 0) is 18.4 Å². The van der Waals surface area contributed by atoms with Crippen LogP contribution in [0.4, 0.5) is 5.95 Å². The summed E-state index contributed by atoms with van der Waals surface area (Å²) in [6, 6.07) is 9.86. The molecule has 1 fully saturated rings. The van der Waals surface area contributed by atoms with Crippen molar-refractivity contribution in [3.8, 4) is 0 Å². The van der Waals surface area contributed by atoms with E-state index in [-0.39, 0.29) is 23.3 Å². The first-order chi connectivity index (χ1) is 12.0. The molecular weight excluding hydrogens is 338 g/mol. The highest BCUT2D eigenvalue weighted by atomic mass is 32.2. The Morgan fingerprint density at radius 2 is 1.92 bits per heavy atom. The van der Waals surface area contributed by atoms with Gasteiger partial charge in [-0.2, -0.15) is 0 Å². The summed E-state index contributed by atoms with van der Waals surface area (Å²) in [5, 5.41) is 2.46. The molecule has 134 valence electrons. The molecule has 2 aromatic rings. The van der Waals surface area contributed by atoms with Crippen LogP contribution in [-0.2, 0) is 21.2 Å². The molecule has 7 heteroatoms. The van der Waals surface area contributed by atoms with Gasteiger partial charge in [-0.1, -0.05) is 43.2 Å². The van der Waals surface area contributed by atoms with Crippen LogP contribution in [0.25, 0.3) is 0 Å². The largest absolute Gasteiger partial charge is 0.313 e. The lowest BCUT2D eigenvalue weighted by Crippen LogP contribution is -2.25. The number of carbonyl (C=O) groups is 1. The number of aromatic nitrogens is 2. The first-order valence-corrected chi connectivity index (χ1v) is 10.3. The van der Waals surface area contributed by atoms with Gasteiger partial charge >= 0.3 is 0 Å². The summed E-state index contributed by atoms with van der Waals surface area (Å²) < 4.78 is 26.3. The predicted molar refractivity (Wildman–Crippen MR) is 97.1 cm³/mol. The lowest BCUT2D eigenvalue weighted by Gasteiger charge is -2.12. The molecule has 6 nitrogen and oxygen atoms in total. The SMILES string of the molecule is O=C(CCS(=O)(=O)C1CCCC1)Nc1nccn1Cc1ccccc1. The molecule has 1 saturated carbocycles. The van der Waals surface area contributed by atoms with E-state index in [2.05, 4.69) is 10.3 Å². The summed E-state index contributed by atoms with van der Waals surface area (Å²) >= 11 is 0. The normalized spacial score (nSPS) is 15.4. The van der Waals surface area contributed by atoms with Crippen LogP contribution < -0.4 is 5.32 Å². The Morgan fingerprint density at radius 3 is 2.64 bits per heavy atom. The smallest absolute Gasteiger partial charge is 0.227 e. The van der Waals surface area contributed by atoms with E-state index in [9.17, 15) is 13.2 Å². The van der Waals surface area contributed by atoms with Gasteiger partial charge in [0.15, 0.2) is 9.84 Å². The number of anilines is 1. The van der Waals surface area contributed by atoms with E-state index in [0.29, 0.717) is 12.5 Å². The van der Waals surface area contributed by atoms with Crippen LogP contribution in [0.2, 0.25) is 0 Å². The first-order valence-electron chi connectivity index (χ1n) is 8.61. The minimum absolute atomic E-state index is 0.0307. The van der Waals surface area contributed by atoms with Crippen molar-refractivity contribution < 1.29 is 13.2 Å². The van der Waals surface area contributed by atoms with Gasteiger partial charge in [0.1, 0.15) is 0 Å². The Kier molecular flexibility index (Phi) is 5.53.